The van der Waals surface area contributed by atoms with Crippen LogP contribution in [-0.4, -0.2) is 60.5 Å². The van der Waals surface area contributed by atoms with E-state index in [2.05, 4.69) is 4.90 Å². The van der Waals surface area contributed by atoms with Crippen molar-refractivity contribution in [2.24, 2.45) is 0 Å². The fourth-order valence-corrected chi connectivity index (χ4v) is 3.98. The Balaban J connectivity index is 1.45. The first kappa shape index (κ1) is 18.4. The van der Waals surface area contributed by atoms with Gasteiger partial charge in [-0.15, -0.1) is 0 Å². The van der Waals surface area contributed by atoms with Gasteiger partial charge in [0.05, 0.1) is 20.3 Å². The summed E-state index contributed by atoms with van der Waals surface area (Å²) in [6.45, 7) is 2.59. The number of ether oxygens (including phenoxy) is 3. The summed E-state index contributed by atoms with van der Waals surface area (Å²) in [6.07, 6.45) is -0.410. The van der Waals surface area contributed by atoms with Gasteiger partial charge in [0.1, 0.15) is 11.9 Å². The lowest BCUT2D eigenvalue weighted by Gasteiger charge is -2.23. The first-order chi connectivity index (χ1) is 13.6. The van der Waals surface area contributed by atoms with E-state index < -0.39 is 0 Å². The molecule has 0 spiro atoms. The Bertz CT molecular complexity index is 872. The molecule has 1 N–H and O–H groups in total. The maximum Gasteiger partial charge on any atom is 0.410 e. The zero-order chi connectivity index (χ0) is 19.7. The third kappa shape index (κ3) is 3.57. The molecule has 2 heterocycles. The van der Waals surface area contributed by atoms with Crippen molar-refractivity contribution in [2.45, 2.75) is 25.2 Å². The average Bonchev–Trinajstić information content (AvgIpc) is 3.19. The van der Waals surface area contributed by atoms with Crippen molar-refractivity contribution in [3.05, 3.63) is 53.6 Å². The van der Waals surface area contributed by atoms with Gasteiger partial charge in [-0.05, 0) is 35.4 Å². The number of hydrogen-bond donors (Lipinski definition) is 1. The van der Waals surface area contributed by atoms with E-state index in [1.807, 2.05) is 30.3 Å². The number of benzene rings is 2. The summed E-state index contributed by atoms with van der Waals surface area (Å²) in [7, 11) is 3.19. The first-order valence-corrected chi connectivity index (χ1v) is 9.26. The summed E-state index contributed by atoms with van der Waals surface area (Å²) in [6, 6.07) is 12.9. The summed E-state index contributed by atoms with van der Waals surface area (Å²) in [5.74, 6) is 1.56. The Morgan fingerprint density at radius 1 is 1.04 bits per heavy atom. The van der Waals surface area contributed by atoms with Crippen LogP contribution in [0.25, 0.3) is 0 Å². The zero-order valence-corrected chi connectivity index (χ0v) is 16.0. The van der Waals surface area contributed by atoms with E-state index in [1.165, 1.54) is 0 Å². The van der Waals surface area contributed by atoms with Crippen LogP contribution in [-0.2, 0) is 17.8 Å². The lowest BCUT2D eigenvalue weighted by molar-refractivity contribution is 0.119. The van der Waals surface area contributed by atoms with E-state index >= 15 is 0 Å². The molecule has 148 valence electrons. The van der Waals surface area contributed by atoms with Gasteiger partial charge in [0, 0.05) is 26.2 Å². The molecule has 2 atom stereocenters. The largest absolute Gasteiger partial charge is 0.508 e. The van der Waals surface area contributed by atoms with E-state index in [0.29, 0.717) is 31.1 Å². The van der Waals surface area contributed by atoms with Crippen LogP contribution < -0.4 is 9.47 Å². The van der Waals surface area contributed by atoms with Gasteiger partial charge >= 0.3 is 6.09 Å². The van der Waals surface area contributed by atoms with E-state index in [-0.39, 0.29) is 24.0 Å². The molecule has 0 radical (unpaired) electrons. The highest BCUT2D eigenvalue weighted by molar-refractivity contribution is 5.71. The number of methoxy groups -OCH3 is 2. The number of aromatic hydroxyl groups is 1. The molecule has 2 aliphatic heterocycles. The Morgan fingerprint density at radius 2 is 1.82 bits per heavy atom. The smallest absolute Gasteiger partial charge is 0.410 e. The van der Waals surface area contributed by atoms with E-state index in [9.17, 15) is 9.90 Å². The number of phenols is 1. The van der Waals surface area contributed by atoms with Gasteiger partial charge in [0.25, 0.3) is 0 Å². The van der Waals surface area contributed by atoms with Gasteiger partial charge in [-0.25, -0.2) is 4.79 Å². The molecule has 0 bridgehead atoms. The van der Waals surface area contributed by atoms with Crippen LogP contribution in [0.1, 0.15) is 11.1 Å². The van der Waals surface area contributed by atoms with Crippen molar-refractivity contribution >= 4 is 6.09 Å². The molecule has 0 aliphatic carbocycles. The number of phenolic OH excluding ortho intramolecular Hbond substituents is 1. The van der Waals surface area contributed by atoms with E-state index in [0.717, 1.165) is 17.7 Å². The Labute approximate surface area is 164 Å². The minimum atomic E-state index is -0.276. The number of rotatable bonds is 6. The van der Waals surface area contributed by atoms with E-state index in [4.69, 9.17) is 14.2 Å². The van der Waals surface area contributed by atoms with Crippen LogP contribution in [0.2, 0.25) is 0 Å². The molecule has 7 heteroatoms. The second kappa shape index (κ2) is 7.59. The minimum absolute atomic E-state index is 0.0119. The minimum Gasteiger partial charge on any atom is -0.508 e. The third-order valence-electron chi connectivity index (χ3n) is 5.32. The van der Waals surface area contributed by atoms with Crippen LogP contribution >= 0.6 is 0 Å². The monoisotopic (exact) mass is 384 g/mol. The molecule has 28 heavy (non-hydrogen) atoms. The van der Waals surface area contributed by atoms with Crippen LogP contribution in [0, 0.1) is 0 Å². The quantitative estimate of drug-likeness (QED) is 0.826. The highest BCUT2D eigenvalue weighted by Crippen LogP contribution is 2.32. The van der Waals surface area contributed by atoms with Gasteiger partial charge in [0.2, 0.25) is 0 Å². The number of likely N-dealkylation sites (tertiary alicyclic amines) is 1. The Hall–Kier alpha value is -2.93. The molecule has 2 aliphatic rings. The van der Waals surface area contributed by atoms with Crippen molar-refractivity contribution in [3.8, 4) is 17.2 Å². The lowest BCUT2D eigenvalue weighted by Crippen LogP contribution is -2.37. The number of amides is 1. The zero-order valence-electron chi connectivity index (χ0n) is 16.0. The fourth-order valence-electron chi connectivity index (χ4n) is 3.98. The summed E-state index contributed by atoms with van der Waals surface area (Å²) in [4.78, 5) is 16.4. The molecule has 0 saturated carbocycles. The molecule has 1 amide bonds. The molecule has 2 fully saturated rings. The normalized spacial score (nSPS) is 21.5. The summed E-state index contributed by atoms with van der Waals surface area (Å²) < 4.78 is 16.2. The molecular weight excluding hydrogens is 360 g/mol. The van der Waals surface area contributed by atoms with Gasteiger partial charge in [-0.2, -0.15) is 0 Å². The van der Waals surface area contributed by atoms with Crippen LogP contribution in [0.15, 0.2) is 42.5 Å². The van der Waals surface area contributed by atoms with Crippen LogP contribution in [0.4, 0.5) is 4.79 Å². The lowest BCUT2D eigenvalue weighted by atomic mass is 10.1. The molecule has 2 aromatic rings. The maximum absolute atomic E-state index is 12.4. The average molecular weight is 384 g/mol. The van der Waals surface area contributed by atoms with Gasteiger partial charge in [-0.1, -0.05) is 18.2 Å². The first-order valence-electron chi connectivity index (χ1n) is 9.26. The molecule has 2 aromatic carbocycles. The number of fused-ring (bicyclic) bond motifs is 1. The molecule has 0 unspecified atom stereocenters. The predicted octanol–water partition coefficient (Wildman–Crippen LogP) is 2.61. The number of carbonyl (C=O) groups excluding carboxylic acids is 1. The second-order valence-electron chi connectivity index (χ2n) is 7.17. The van der Waals surface area contributed by atoms with E-state index in [1.54, 1.807) is 31.3 Å². The van der Waals surface area contributed by atoms with Crippen molar-refractivity contribution in [2.75, 3.05) is 27.3 Å². The number of nitrogens with zero attached hydrogens (tertiary/aromatic N) is 2. The summed E-state index contributed by atoms with van der Waals surface area (Å²) >= 11 is 0. The predicted molar refractivity (Wildman–Crippen MR) is 103 cm³/mol. The number of hydrogen-bond acceptors (Lipinski definition) is 6. The van der Waals surface area contributed by atoms with Crippen molar-refractivity contribution in [1.82, 2.24) is 9.80 Å². The molecule has 0 aromatic heterocycles. The van der Waals surface area contributed by atoms with Crippen molar-refractivity contribution in [1.29, 1.82) is 0 Å². The second-order valence-corrected chi connectivity index (χ2v) is 7.17. The van der Waals surface area contributed by atoms with Crippen LogP contribution in [0.5, 0.6) is 17.2 Å². The maximum atomic E-state index is 12.4. The van der Waals surface area contributed by atoms with Crippen LogP contribution in [0.3, 0.4) is 0 Å². The molecule has 2 saturated heterocycles. The molecule has 7 nitrogen and oxygen atoms in total. The summed E-state index contributed by atoms with van der Waals surface area (Å²) in [5, 5.41) is 9.65. The van der Waals surface area contributed by atoms with Crippen molar-refractivity contribution in [3.63, 3.8) is 0 Å². The van der Waals surface area contributed by atoms with Crippen molar-refractivity contribution < 1.29 is 24.1 Å². The fraction of sp³-hybridized carbons (Fsp3) is 0.381. The topological polar surface area (TPSA) is 71.5 Å². The standard InChI is InChI=1S/C21H24N2O5/c1-26-18-7-6-15(9-19(18)27-2)11-23-17-12-22(13-20(17)28-21(23)25)10-14-4-3-5-16(24)8-14/h3-9,17,20,24H,10-13H2,1-2H3/t17-,20+/m0/s1. The molecule has 4 rings (SSSR count). The highest BCUT2D eigenvalue weighted by atomic mass is 16.6. The Morgan fingerprint density at radius 3 is 2.57 bits per heavy atom. The van der Waals surface area contributed by atoms with Gasteiger partial charge in [0.15, 0.2) is 11.5 Å². The SMILES string of the molecule is COc1ccc(CN2C(=O)O[C@@H]3CN(Cc4cccc(O)c4)C[C@@H]32)cc1OC. The highest BCUT2D eigenvalue weighted by Gasteiger charge is 2.47. The Kier molecular flexibility index (Phi) is 5.00. The number of carbonyl (C=O) groups is 1. The molecular formula is C21H24N2O5. The van der Waals surface area contributed by atoms with Gasteiger partial charge < -0.3 is 19.3 Å². The summed E-state index contributed by atoms with van der Waals surface area (Å²) in [5.41, 5.74) is 2.00. The third-order valence-corrected chi connectivity index (χ3v) is 5.32. The van der Waals surface area contributed by atoms with Gasteiger partial charge in [-0.3, -0.25) is 9.80 Å².